The molecule has 0 bridgehead atoms. The molecule has 5 nitrogen and oxygen atoms in total. The van der Waals surface area contributed by atoms with E-state index in [1.54, 1.807) is 0 Å². The van der Waals surface area contributed by atoms with Gasteiger partial charge in [0.15, 0.2) is 17.5 Å². The van der Waals surface area contributed by atoms with Gasteiger partial charge in [-0.3, -0.25) is 0 Å². The molecule has 0 unspecified atom stereocenters. The fourth-order valence-electron chi connectivity index (χ4n) is 9.10. The topological polar surface area (TPSA) is 48.5 Å². The summed E-state index contributed by atoms with van der Waals surface area (Å²) in [6, 6.07) is 61.3. The number of benzene rings is 8. The normalized spacial score (nSPS) is 11.7. The van der Waals surface area contributed by atoms with Crippen molar-refractivity contribution in [1.29, 1.82) is 0 Å². The molecule has 5 heteroatoms. The second-order valence-electron chi connectivity index (χ2n) is 16.5. The van der Waals surface area contributed by atoms with Crippen LogP contribution in [0.2, 0.25) is 0 Å². The van der Waals surface area contributed by atoms with Crippen LogP contribution in [0.4, 0.5) is 0 Å². The van der Waals surface area contributed by atoms with E-state index in [1.807, 2.05) is 36.4 Å². The fraction of sp³-hybridized carbons (Fsp3) is 0.0893. The summed E-state index contributed by atoms with van der Waals surface area (Å²) in [4.78, 5) is 15.4. The first-order valence-electron chi connectivity index (χ1n) is 20.9. The number of aromatic nitrogens is 5. The number of nitrogens with zero attached hydrogens (tertiary/aromatic N) is 5. The van der Waals surface area contributed by atoms with Gasteiger partial charge in [-0.2, -0.15) is 0 Å². The molecular formula is C56H43N5. The Labute approximate surface area is 355 Å². The van der Waals surface area contributed by atoms with Crippen molar-refractivity contribution in [1.82, 2.24) is 24.1 Å². The summed E-state index contributed by atoms with van der Waals surface area (Å²) in [5.74, 6) is 1.89. The molecular weight excluding hydrogens is 743 g/mol. The summed E-state index contributed by atoms with van der Waals surface area (Å²) >= 11 is 0. The molecule has 0 N–H and O–H groups in total. The molecule has 0 atom stereocenters. The van der Waals surface area contributed by atoms with Gasteiger partial charge in [0.05, 0.1) is 33.4 Å². The summed E-state index contributed by atoms with van der Waals surface area (Å²) in [7, 11) is 0. The Morgan fingerprint density at radius 1 is 0.295 bits per heavy atom. The van der Waals surface area contributed by atoms with Crippen LogP contribution in [0.1, 0.15) is 27.8 Å². The molecule has 0 aliphatic rings. The van der Waals surface area contributed by atoms with Crippen molar-refractivity contribution >= 4 is 43.6 Å². The maximum atomic E-state index is 5.19. The molecule has 11 aromatic rings. The van der Waals surface area contributed by atoms with Crippen molar-refractivity contribution in [2.75, 3.05) is 0 Å². The lowest BCUT2D eigenvalue weighted by molar-refractivity contribution is 1.07. The third-order valence-electron chi connectivity index (χ3n) is 12.0. The number of fused-ring (bicyclic) bond motifs is 6. The van der Waals surface area contributed by atoms with Gasteiger partial charge in [0.1, 0.15) is 0 Å². The standard InChI is InChI=1S/C56H43N5/c1-34-16-23-48(60-49-24-17-35(2)29-44(49)45-30-36(3)18-25-50(45)60)43(28-34)42-22-21-41(33-53(42)61-51-26-19-37(4)31-46(51)47-32-38(5)20-27-52(47)61)56-58-54(39-12-8-6-9-13-39)57-55(59-56)40-14-10-7-11-15-40/h6-33H,1-5H3. The molecule has 0 aliphatic heterocycles. The molecule has 3 aromatic heterocycles. The van der Waals surface area contributed by atoms with E-state index in [0.29, 0.717) is 17.5 Å². The van der Waals surface area contributed by atoms with Crippen molar-refractivity contribution in [2.45, 2.75) is 34.6 Å². The Kier molecular flexibility index (Phi) is 8.53. The zero-order valence-corrected chi connectivity index (χ0v) is 34.9. The first kappa shape index (κ1) is 36.4. The smallest absolute Gasteiger partial charge is 0.164 e. The van der Waals surface area contributed by atoms with Crippen molar-refractivity contribution < 1.29 is 0 Å². The lowest BCUT2D eigenvalue weighted by Gasteiger charge is -2.20. The number of hydrogen-bond acceptors (Lipinski definition) is 3. The number of hydrogen-bond donors (Lipinski definition) is 0. The van der Waals surface area contributed by atoms with Crippen LogP contribution in [0.15, 0.2) is 170 Å². The van der Waals surface area contributed by atoms with Gasteiger partial charge in [0, 0.05) is 49.4 Å². The van der Waals surface area contributed by atoms with Gasteiger partial charge < -0.3 is 9.13 Å². The quantitative estimate of drug-likeness (QED) is 0.169. The highest BCUT2D eigenvalue weighted by Gasteiger charge is 2.23. The molecule has 61 heavy (non-hydrogen) atoms. The van der Waals surface area contributed by atoms with E-state index < -0.39 is 0 Å². The Morgan fingerprint density at radius 3 is 1.11 bits per heavy atom. The Hall–Kier alpha value is -7.63. The predicted octanol–water partition coefficient (Wildman–Crippen LogP) is 14.3. The van der Waals surface area contributed by atoms with Crippen molar-refractivity contribution in [3.05, 3.63) is 198 Å². The molecule has 0 amide bonds. The van der Waals surface area contributed by atoms with Crippen LogP contribution in [-0.4, -0.2) is 24.1 Å². The highest BCUT2D eigenvalue weighted by atomic mass is 15.0. The molecule has 11 rings (SSSR count). The molecule has 8 aromatic carbocycles. The molecule has 0 spiro atoms. The average molecular weight is 786 g/mol. The van der Waals surface area contributed by atoms with Gasteiger partial charge in [0.2, 0.25) is 0 Å². The van der Waals surface area contributed by atoms with Gasteiger partial charge in [-0.05, 0) is 101 Å². The lowest BCUT2D eigenvalue weighted by Crippen LogP contribution is -2.04. The maximum absolute atomic E-state index is 5.19. The van der Waals surface area contributed by atoms with E-state index >= 15 is 0 Å². The van der Waals surface area contributed by atoms with E-state index in [2.05, 4.69) is 177 Å². The van der Waals surface area contributed by atoms with Gasteiger partial charge in [-0.1, -0.05) is 131 Å². The predicted molar refractivity (Wildman–Crippen MR) is 254 cm³/mol. The van der Waals surface area contributed by atoms with Crippen LogP contribution in [0.3, 0.4) is 0 Å². The highest BCUT2D eigenvalue weighted by Crippen LogP contribution is 2.43. The monoisotopic (exact) mass is 785 g/mol. The Balaban J connectivity index is 1.24. The minimum absolute atomic E-state index is 0.616. The van der Waals surface area contributed by atoms with E-state index in [1.165, 1.54) is 60.4 Å². The van der Waals surface area contributed by atoms with Gasteiger partial charge in [-0.25, -0.2) is 15.0 Å². The fourth-order valence-corrected chi connectivity index (χ4v) is 9.10. The number of rotatable bonds is 6. The third kappa shape index (κ3) is 6.20. The van der Waals surface area contributed by atoms with Gasteiger partial charge >= 0.3 is 0 Å². The second-order valence-corrected chi connectivity index (χ2v) is 16.5. The minimum Gasteiger partial charge on any atom is -0.309 e. The summed E-state index contributed by atoms with van der Waals surface area (Å²) in [6.45, 7) is 10.9. The van der Waals surface area contributed by atoms with E-state index in [9.17, 15) is 0 Å². The largest absolute Gasteiger partial charge is 0.309 e. The van der Waals surface area contributed by atoms with Crippen LogP contribution in [0.25, 0.3) is 100 Å². The Morgan fingerprint density at radius 2 is 0.672 bits per heavy atom. The second kappa shape index (κ2) is 14.3. The van der Waals surface area contributed by atoms with Crippen LogP contribution < -0.4 is 0 Å². The SMILES string of the molecule is Cc1ccc(-n2c3ccc(C)cc3c3cc(C)ccc32)c(-c2ccc(-c3nc(-c4ccccc4)nc(-c4ccccc4)n3)cc2-n2c3ccc(C)cc3c3cc(C)ccc32)c1. The molecule has 292 valence electrons. The number of aryl methyl sites for hydroxylation is 5. The highest BCUT2D eigenvalue weighted by molar-refractivity contribution is 6.12. The molecule has 0 aliphatic carbocycles. The summed E-state index contributed by atoms with van der Waals surface area (Å²) in [6.07, 6.45) is 0. The Bertz CT molecular complexity index is 3340. The van der Waals surface area contributed by atoms with E-state index in [0.717, 1.165) is 50.2 Å². The molecule has 0 saturated carbocycles. The summed E-state index contributed by atoms with van der Waals surface area (Å²) in [5.41, 5.74) is 18.0. The van der Waals surface area contributed by atoms with Crippen molar-refractivity contribution in [3.8, 4) is 56.7 Å². The molecule has 3 heterocycles. The van der Waals surface area contributed by atoms with Crippen molar-refractivity contribution in [2.24, 2.45) is 0 Å². The zero-order valence-electron chi connectivity index (χ0n) is 34.9. The third-order valence-corrected chi connectivity index (χ3v) is 12.0. The molecule has 0 fully saturated rings. The van der Waals surface area contributed by atoms with Crippen molar-refractivity contribution in [3.63, 3.8) is 0 Å². The van der Waals surface area contributed by atoms with Crippen LogP contribution >= 0.6 is 0 Å². The first-order valence-corrected chi connectivity index (χ1v) is 20.9. The van der Waals surface area contributed by atoms with Gasteiger partial charge in [0.25, 0.3) is 0 Å². The summed E-state index contributed by atoms with van der Waals surface area (Å²) < 4.78 is 4.91. The first-order chi connectivity index (χ1) is 29.8. The summed E-state index contributed by atoms with van der Waals surface area (Å²) in [5, 5.41) is 4.97. The van der Waals surface area contributed by atoms with Crippen LogP contribution in [-0.2, 0) is 0 Å². The zero-order chi connectivity index (χ0) is 41.4. The van der Waals surface area contributed by atoms with Crippen LogP contribution in [0, 0.1) is 34.6 Å². The molecule has 0 saturated heterocycles. The minimum atomic E-state index is 0.616. The van der Waals surface area contributed by atoms with E-state index in [4.69, 9.17) is 15.0 Å². The molecule has 0 radical (unpaired) electrons. The maximum Gasteiger partial charge on any atom is 0.164 e. The van der Waals surface area contributed by atoms with E-state index in [-0.39, 0.29) is 0 Å². The van der Waals surface area contributed by atoms with Crippen LogP contribution in [0.5, 0.6) is 0 Å². The average Bonchev–Trinajstić information content (AvgIpc) is 3.77. The lowest BCUT2D eigenvalue weighted by atomic mass is 9.97. The van der Waals surface area contributed by atoms with Gasteiger partial charge in [-0.15, -0.1) is 0 Å².